The molecule has 12 heteroatoms. The Bertz CT molecular complexity index is 1200. The summed E-state index contributed by atoms with van der Waals surface area (Å²) in [7, 11) is -4.73. The number of esters is 3. The predicted octanol–water partition coefficient (Wildman–Crippen LogP) is 16.5. The highest BCUT2D eigenvalue weighted by Gasteiger charge is 2.28. The quantitative estimate of drug-likeness (QED) is 0.0197. The molecule has 0 saturated carbocycles. The van der Waals surface area contributed by atoms with Crippen molar-refractivity contribution in [1.82, 2.24) is 0 Å². The third-order valence-electron chi connectivity index (χ3n) is 12.7. The molecule has 0 rings (SSSR count). The number of rotatable bonds is 54. The van der Waals surface area contributed by atoms with Gasteiger partial charge in [0.15, 0.2) is 6.10 Å². The SMILES string of the molecule is CCCCCC/C=C\CCCCCCCC(=O)OC(CO)COP(=O)(O)OCC(COC(=O)CCCCCCCCCCC)OC(=O)CCCCCCCCCCCCCCCCCCCCC. The van der Waals surface area contributed by atoms with Crippen LogP contribution in [0.1, 0.15) is 290 Å². The predicted molar refractivity (Wildman–Crippen MR) is 280 cm³/mol. The Hall–Kier alpha value is -1.78. The van der Waals surface area contributed by atoms with Gasteiger partial charge in [-0.2, -0.15) is 0 Å². The summed E-state index contributed by atoms with van der Waals surface area (Å²) in [4.78, 5) is 48.3. The molecule has 2 N–H and O–H groups in total. The lowest BCUT2D eigenvalue weighted by atomic mass is 10.0. The summed E-state index contributed by atoms with van der Waals surface area (Å²) in [5, 5.41) is 9.78. The van der Waals surface area contributed by atoms with E-state index in [1.807, 2.05) is 0 Å². The highest BCUT2D eigenvalue weighted by Crippen LogP contribution is 2.43. The standard InChI is InChI=1S/C56H107O11P/c1-4-7-10-13-16-19-21-23-24-25-26-27-28-30-32-35-38-41-44-47-56(60)67-53(49-63-54(58)45-42-39-36-33-18-15-12-9-6-3)51-65-68(61,62)64-50-52(48-57)66-55(59)46-43-40-37-34-31-29-22-20-17-14-11-8-5-2/h20,22,52-53,57H,4-19,21,23-51H2,1-3H3,(H,61,62)/b22-20-. The number of unbranched alkanes of at least 4 members (excludes halogenated alkanes) is 35. The second-order valence-electron chi connectivity index (χ2n) is 19.5. The van der Waals surface area contributed by atoms with E-state index in [1.165, 1.54) is 154 Å². The zero-order valence-electron chi connectivity index (χ0n) is 44.4. The number of hydrogen-bond acceptors (Lipinski definition) is 10. The lowest BCUT2D eigenvalue weighted by molar-refractivity contribution is -0.161. The van der Waals surface area contributed by atoms with Crippen LogP contribution in [-0.4, -0.2) is 66.5 Å². The number of aliphatic hydroxyl groups is 1. The van der Waals surface area contributed by atoms with Gasteiger partial charge >= 0.3 is 25.7 Å². The minimum absolute atomic E-state index is 0.172. The molecule has 11 nitrogen and oxygen atoms in total. The Morgan fingerprint density at radius 1 is 0.397 bits per heavy atom. The number of phosphoric acid groups is 1. The molecular formula is C56H107O11P. The topological polar surface area (TPSA) is 155 Å². The Balaban J connectivity index is 4.59. The highest BCUT2D eigenvalue weighted by molar-refractivity contribution is 7.47. The first-order chi connectivity index (χ1) is 33.2. The summed E-state index contributed by atoms with van der Waals surface area (Å²) >= 11 is 0. The molecule has 68 heavy (non-hydrogen) atoms. The molecule has 3 atom stereocenters. The molecule has 0 saturated heterocycles. The average molecular weight is 987 g/mol. The summed E-state index contributed by atoms with van der Waals surface area (Å²) in [6.45, 7) is 4.65. The lowest BCUT2D eigenvalue weighted by Crippen LogP contribution is -2.30. The first-order valence-electron chi connectivity index (χ1n) is 28.6. The minimum Gasteiger partial charge on any atom is -0.462 e. The number of carbonyl (C=O) groups excluding carboxylic acids is 3. The molecule has 402 valence electrons. The van der Waals surface area contributed by atoms with Crippen molar-refractivity contribution in [3.63, 3.8) is 0 Å². The molecule has 0 aromatic heterocycles. The van der Waals surface area contributed by atoms with Crippen LogP contribution in [0, 0.1) is 0 Å². The second kappa shape index (κ2) is 51.6. The Kier molecular flexibility index (Phi) is 50.2. The van der Waals surface area contributed by atoms with Crippen LogP contribution in [0.3, 0.4) is 0 Å². The molecule has 0 aliphatic carbocycles. The maximum absolute atomic E-state index is 12.9. The van der Waals surface area contributed by atoms with Crippen molar-refractivity contribution in [1.29, 1.82) is 0 Å². The van der Waals surface area contributed by atoms with E-state index in [4.69, 9.17) is 23.3 Å². The summed E-state index contributed by atoms with van der Waals surface area (Å²) in [6.07, 6.45) is 49.0. The van der Waals surface area contributed by atoms with Gasteiger partial charge in [-0.15, -0.1) is 0 Å². The molecule has 0 spiro atoms. The maximum Gasteiger partial charge on any atom is 0.472 e. The molecule has 0 aliphatic heterocycles. The third kappa shape index (κ3) is 49.2. The number of ether oxygens (including phenoxy) is 3. The maximum atomic E-state index is 12.9. The van der Waals surface area contributed by atoms with Crippen LogP contribution in [-0.2, 0) is 42.2 Å². The molecule has 0 radical (unpaired) electrons. The molecule has 0 fully saturated rings. The van der Waals surface area contributed by atoms with Crippen molar-refractivity contribution in [2.75, 3.05) is 26.4 Å². The van der Waals surface area contributed by atoms with E-state index in [-0.39, 0.29) is 25.9 Å². The van der Waals surface area contributed by atoms with E-state index in [9.17, 15) is 28.9 Å². The van der Waals surface area contributed by atoms with Crippen molar-refractivity contribution in [3.05, 3.63) is 12.2 Å². The van der Waals surface area contributed by atoms with E-state index < -0.39 is 57.8 Å². The van der Waals surface area contributed by atoms with Crippen LogP contribution >= 0.6 is 7.82 Å². The van der Waals surface area contributed by atoms with Crippen molar-refractivity contribution in [3.8, 4) is 0 Å². The van der Waals surface area contributed by atoms with E-state index >= 15 is 0 Å². The summed E-state index contributed by atoms with van der Waals surface area (Å²) in [5.41, 5.74) is 0. The van der Waals surface area contributed by atoms with Crippen molar-refractivity contribution in [2.45, 2.75) is 303 Å². The van der Waals surface area contributed by atoms with Gasteiger partial charge in [0.2, 0.25) is 0 Å². The van der Waals surface area contributed by atoms with Crippen molar-refractivity contribution < 1.29 is 52.2 Å². The average Bonchev–Trinajstić information content (AvgIpc) is 3.32. The van der Waals surface area contributed by atoms with Crippen LogP contribution in [0.5, 0.6) is 0 Å². The third-order valence-corrected chi connectivity index (χ3v) is 13.6. The normalized spacial score (nSPS) is 13.4. The first-order valence-corrected chi connectivity index (χ1v) is 30.1. The fraction of sp³-hybridized carbons (Fsp3) is 0.911. The molecule has 0 aromatic carbocycles. The summed E-state index contributed by atoms with van der Waals surface area (Å²) in [5.74, 6) is -1.45. The number of phosphoric ester groups is 1. The van der Waals surface area contributed by atoms with Crippen molar-refractivity contribution >= 4 is 25.7 Å². The molecule has 0 bridgehead atoms. The minimum atomic E-state index is -4.73. The molecule has 0 heterocycles. The molecule has 0 aliphatic rings. The zero-order valence-corrected chi connectivity index (χ0v) is 45.2. The van der Waals surface area contributed by atoms with Gasteiger partial charge in [-0.3, -0.25) is 23.4 Å². The van der Waals surface area contributed by atoms with E-state index in [2.05, 4.69) is 32.9 Å². The number of aliphatic hydroxyl groups excluding tert-OH is 1. The number of hydrogen-bond donors (Lipinski definition) is 2. The molecule has 0 amide bonds. The Morgan fingerprint density at radius 2 is 0.676 bits per heavy atom. The fourth-order valence-corrected chi connectivity index (χ4v) is 9.08. The van der Waals surface area contributed by atoms with Crippen LogP contribution in [0.4, 0.5) is 0 Å². The Morgan fingerprint density at radius 3 is 1.03 bits per heavy atom. The van der Waals surface area contributed by atoms with Crippen molar-refractivity contribution in [2.24, 2.45) is 0 Å². The summed E-state index contributed by atoms with van der Waals surface area (Å²) < 4.78 is 39.4. The van der Waals surface area contributed by atoms with E-state index in [1.54, 1.807) is 0 Å². The van der Waals surface area contributed by atoms with Gasteiger partial charge in [-0.1, -0.05) is 238 Å². The zero-order chi connectivity index (χ0) is 49.9. The van der Waals surface area contributed by atoms with Gasteiger partial charge in [-0.05, 0) is 44.9 Å². The van der Waals surface area contributed by atoms with E-state index in [0.717, 1.165) is 77.0 Å². The van der Waals surface area contributed by atoms with Gasteiger partial charge in [0, 0.05) is 19.3 Å². The van der Waals surface area contributed by atoms with Crippen LogP contribution < -0.4 is 0 Å². The van der Waals surface area contributed by atoms with Crippen LogP contribution in [0.15, 0.2) is 12.2 Å². The molecule has 0 aromatic rings. The Labute approximate surface area is 417 Å². The first kappa shape index (κ1) is 66.2. The number of allylic oxidation sites excluding steroid dienone is 2. The van der Waals surface area contributed by atoms with Gasteiger partial charge in [0.05, 0.1) is 19.8 Å². The van der Waals surface area contributed by atoms with Crippen LogP contribution in [0.2, 0.25) is 0 Å². The number of carbonyl (C=O) groups is 3. The lowest BCUT2D eigenvalue weighted by Gasteiger charge is -2.21. The highest BCUT2D eigenvalue weighted by atomic mass is 31.2. The molecule has 3 unspecified atom stereocenters. The molecular weight excluding hydrogens is 880 g/mol. The largest absolute Gasteiger partial charge is 0.472 e. The van der Waals surface area contributed by atoms with Gasteiger partial charge < -0.3 is 24.2 Å². The smallest absolute Gasteiger partial charge is 0.462 e. The van der Waals surface area contributed by atoms with Gasteiger partial charge in [0.25, 0.3) is 0 Å². The van der Waals surface area contributed by atoms with E-state index in [0.29, 0.717) is 19.3 Å². The van der Waals surface area contributed by atoms with Crippen LogP contribution in [0.25, 0.3) is 0 Å². The summed E-state index contributed by atoms with van der Waals surface area (Å²) in [6, 6.07) is 0. The van der Waals surface area contributed by atoms with Gasteiger partial charge in [0.1, 0.15) is 12.7 Å². The fourth-order valence-electron chi connectivity index (χ4n) is 8.29. The second-order valence-corrected chi connectivity index (χ2v) is 20.9. The monoisotopic (exact) mass is 987 g/mol. The van der Waals surface area contributed by atoms with Gasteiger partial charge in [-0.25, -0.2) is 4.57 Å².